The number of rotatable bonds is 8. The van der Waals surface area contributed by atoms with Gasteiger partial charge < -0.3 is 15.5 Å². The molecule has 1 aliphatic carbocycles. The van der Waals surface area contributed by atoms with Crippen molar-refractivity contribution >= 4 is 11.8 Å². The lowest BCUT2D eigenvalue weighted by molar-refractivity contribution is -0.126. The minimum atomic E-state index is -0.149. The summed E-state index contributed by atoms with van der Waals surface area (Å²) < 4.78 is 1.76. The van der Waals surface area contributed by atoms with Crippen molar-refractivity contribution in [3.05, 3.63) is 18.0 Å². The number of aromatic nitrogens is 2. The molecule has 2 rings (SSSR count). The van der Waals surface area contributed by atoms with Crippen molar-refractivity contribution < 1.29 is 9.59 Å². The standard InChI is InChI=1S/C18H31N5O2/c1-13(21-18(25)14-7-5-6-8-14)9-17(24)19-11-16(22(2)3)15-10-20-23(4)12-15/h10,12-14,16H,5-9,11H2,1-4H3,(H,19,24)(H,21,25)/t13-,16+/m1/s1. The average molecular weight is 349 g/mol. The molecule has 0 aromatic carbocycles. The van der Waals surface area contributed by atoms with Crippen LogP contribution in [0.15, 0.2) is 12.4 Å². The van der Waals surface area contributed by atoms with Crippen LogP contribution >= 0.6 is 0 Å². The van der Waals surface area contributed by atoms with E-state index in [1.54, 1.807) is 4.68 Å². The Morgan fingerprint density at radius 2 is 2.04 bits per heavy atom. The van der Waals surface area contributed by atoms with E-state index in [1.165, 1.54) is 0 Å². The number of carbonyl (C=O) groups is 2. The van der Waals surface area contributed by atoms with Crippen LogP contribution in [0.25, 0.3) is 0 Å². The Kier molecular flexibility index (Phi) is 6.99. The highest BCUT2D eigenvalue weighted by Crippen LogP contribution is 2.24. The molecule has 7 heteroatoms. The van der Waals surface area contributed by atoms with Crippen LogP contribution in [-0.4, -0.2) is 53.2 Å². The van der Waals surface area contributed by atoms with Gasteiger partial charge in [-0.3, -0.25) is 14.3 Å². The van der Waals surface area contributed by atoms with Crippen molar-refractivity contribution in [3.63, 3.8) is 0 Å². The number of nitrogens with zero attached hydrogens (tertiary/aromatic N) is 3. The third-order valence-electron chi connectivity index (χ3n) is 4.83. The summed E-state index contributed by atoms with van der Waals surface area (Å²) in [4.78, 5) is 26.4. The summed E-state index contributed by atoms with van der Waals surface area (Å²) in [6.07, 6.45) is 8.29. The number of amides is 2. The van der Waals surface area contributed by atoms with Gasteiger partial charge in [-0.15, -0.1) is 0 Å². The van der Waals surface area contributed by atoms with Crippen LogP contribution in [0.2, 0.25) is 0 Å². The van der Waals surface area contributed by atoms with E-state index in [0.29, 0.717) is 13.0 Å². The summed E-state index contributed by atoms with van der Waals surface area (Å²) in [5.74, 6) is 0.184. The lowest BCUT2D eigenvalue weighted by Crippen LogP contribution is -2.41. The van der Waals surface area contributed by atoms with E-state index >= 15 is 0 Å². The van der Waals surface area contributed by atoms with Crippen molar-refractivity contribution in [1.29, 1.82) is 0 Å². The lowest BCUT2D eigenvalue weighted by Gasteiger charge is -2.24. The first-order valence-corrected chi connectivity index (χ1v) is 9.09. The normalized spacial score (nSPS) is 17.5. The predicted molar refractivity (Wildman–Crippen MR) is 96.8 cm³/mol. The monoisotopic (exact) mass is 349 g/mol. The molecule has 7 nitrogen and oxygen atoms in total. The second-order valence-electron chi connectivity index (χ2n) is 7.33. The average Bonchev–Trinajstić information content (AvgIpc) is 3.18. The van der Waals surface area contributed by atoms with Gasteiger partial charge in [-0.2, -0.15) is 5.10 Å². The fourth-order valence-electron chi connectivity index (χ4n) is 3.37. The molecule has 0 saturated heterocycles. The number of nitrogens with one attached hydrogen (secondary N) is 2. The Morgan fingerprint density at radius 1 is 1.36 bits per heavy atom. The highest BCUT2D eigenvalue weighted by atomic mass is 16.2. The zero-order valence-corrected chi connectivity index (χ0v) is 15.8. The fourth-order valence-corrected chi connectivity index (χ4v) is 3.37. The second-order valence-corrected chi connectivity index (χ2v) is 7.33. The van der Waals surface area contributed by atoms with E-state index < -0.39 is 0 Å². The molecule has 1 saturated carbocycles. The van der Waals surface area contributed by atoms with E-state index in [0.717, 1.165) is 31.2 Å². The van der Waals surface area contributed by atoms with Crippen LogP contribution < -0.4 is 10.6 Å². The number of aryl methyl sites for hydroxylation is 1. The minimum absolute atomic E-state index is 0.0463. The van der Waals surface area contributed by atoms with Gasteiger partial charge in [0, 0.05) is 43.7 Å². The quantitative estimate of drug-likeness (QED) is 0.740. The van der Waals surface area contributed by atoms with Gasteiger partial charge in [-0.25, -0.2) is 0 Å². The van der Waals surface area contributed by atoms with Gasteiger partial charge in [-0.05, 0) is 33.9 Å². The van der Waals surface area contributed by atoms with Gasteiger partial charge in [0.1, 0.15) is 0 Å². The zero-order chi connectivity index (χ0) is 18.4. The Hall–Kier alpha value is -1.89. The molecular weight excluding hydrogens is 318 g/mol. The minimum Gasteiger partial charge on any atom is -0.354 e. The maximum atomic E-state index is 12.2. The molecule has 0 radical (unpaired) electrons. The van der Waals surface area contributed by atoms with Crippen LogP contribution in [0.4, 0.5) is 0 Å². The Morgan fingerprint density at radius 3 is 2.60 bits per heavy atom. The molecule has 0 unspecified atom stereocenters. The third-order valence-corrected chi connectivity index (χ3v) is 4.83. The molecule has 2 atom stereocenters. The van der Waals surface area contributed by atoms with Crippen LogP contribution in [0.1, 0.15) is 50.6 Å². The summed E-state index contributed by atoms with van der Waals surface area (Å²) in [6.45, 7) is 2.40. The van der Waals surface area contributed by atoms with Crippen LogP contribution in [-0.2, 0) is 16.6 Å². The molecule has 1 fully saturated rings. The summed E-state index contributed by atoms with van der Waals surface area (Å²) in [5.41, 5.74) is 1.07. The predicted octanol–water partition coefficient (Wildman–Crippen LogP) is 1.22. The van der Waals surface area contributed by atoms with E-state index in [-0.39, 0.29) is 29.8 Å². The van der Waals surface area contributed by atoms with E-state index in [2.05, 4.69) is 20.6 Å². The molecule has 1 heterocycles. The summed E-state index contributed by atoms with van der Waals surface area (Å²) in [6, 6.07) is -0.0784. The molecule has 1 aromatic rings. The highest BCUT2D eigenvalue weighted by Gasteiger charge is 2.24. The molecule has 2 N–H and O–H groups in total. The first-order chi connectivity index (χ1) is 11.9. The lowest BCUT2D eigenvalue weighted by atomic mass is 10.1. The number of hydrogen-bond acceptors (Lipinski definition) is 4. The Labute approximate surface area is 150 Å². The van der Waals surface area contributed by atoms with Gasteiger partial charge in [0.2, 0.25) is 11.8 Å². The Balaban J connectivity index is 1.77. The second kappa shape index (κ2) is 8.99. The third kappa shape index (κ3) is 5.85. The van der Waals surface area contributed by atoms with Gasteiger partial charge in [0.15, 0.2) is 0 Å². The molecular formula is C18H31N5O2. The van der Waals surface area contributed by atoms with E-state index in [4.69, 9.17) is 0 Å². The first kappa shape index (κ1) is 19.4. The first-order valence-electron chi connectivity index (χ1n) is 9.09. The SMILES string of the molecule is C[C@H](CC(=O)NC[C@@H](c1cnn(C)c1)N(C)C)NC(=O)C1CCCC1. The van der Waals surface area contributed by atoms with Crippen molar-refractivity contribution in [2.45, 2.75) is 51.1 Å². The maximum Gasteiger partial charge on any atom is 0.223 e. The smallest absolute Gasteiger partial charge is 0.223 e. The van der Waals surface area contributed by atoms with Crippen molar-refractivity contribution in [2.24, 2.45) is 13.0 Å². The number of likely N-dealkylation sites (N-methyl/N-ethyl adjacent to an activating group) is 1. The summed E-state index contributed by atoms with van der Waals surface area (Å²) in [5, 5.41) is 10.1. The maximum absolute atomic E-state index is 12.2. The largest absolute Gasteiger partial charge is 0.354 e. The highest BCUT2D eigenvalue weighted by molar-refractivity contribution is 5.81. The molecule has 0 spiro atoms. The van der Waals surface area contributed by atoms with Crippen LogP contribution in [0.5, 0.6) is 0 Å². The summed E-state index contributed by atoms with van der Waals surface area (Å²) in [7, 11) is 5.84. The van der Waals surface area contributed by atoms with Gasteiger partial charge >= 0.3 is 0 Å². The van der Waals surface area contributed by atoms with Gasteiger partial charge in [-0.1, -0.05) is 12.8 Å². The van der Waals surface area contributed by atoms with E-state index in [9.17, 15) is 9.59 Å². The Bertz CT molecular complexity index is 578. The van der Waals surface area contributed by atoms with E-state index in [1.807, 2.05) is 40.5 Å². The molecule has 1 aromatic heterocycles. The molecule has 0 bridgehead atoms. The molecule has 2 amide bonds. The zero-order valence-electron chi connectivity index (χ0n) is 15.8. The number of carbonyl (C=O) groups excluding carboxylic acids is 2. The fraction of sp³-hybridized carbons (Fsp3) is 0.722. The van der Waals surface area contributed by atoms with Crippen molar-refractivity contribution in [2.75, 3.05) is 20.6 Å². The summed E-state index contributed by atoms with van der Waals surface area (Å²) >= 11 is 0. The van der Waals surface area contributed by atoms with Crippen molar-refractivity contribution in [1.82, 2.24) is 25.3 Å². The molecule has 140 valence electrons. The van der Waals surface area contributed by atoms with Gasteiger partial charge in [0.05, 0.1) is 12.2 Å². The van der Waals surface area contributed by atoms with Crippen molar-refractivity contribution in [3.8, 4) is 0 Å². The molecule has 0 aliphatic heterocycles. The number of hydrogen-bond donors (Lipinski definition) is 2. The van der Waals surface area contributed by atoms with Crippen LogP contribution in [0, 0.1) is 5.92 Å². The topological polar surface area (TPSA) is 79.3 Å². The van der Waals surface area contributed by atoms with Crippen LogP contribution in [0.3, 0.4) is 0 Å². The van der Waals surface area contributed by atoms with Gasteiger partial charge in [0.25, 0.3) is 0 Å². The molecule has 25 heavy (non-hydrogen) atoms. The molecule has 1 aliphatic rings.